The molecule has 0 saturated carbocycles. The molecule has 0 aliphatic heterocycles. The van der Waals surface area contributed by atoms with Gasteiger partial charge in [0.2, 0.25) is 5.91 Å². The topological polar surface area (TPSA) is 58.2 Å². The van der Waals surface area contributed by atoms with Crippen LogP contribution in [-0.2, 0) is 4.79 Å². The van der Waals surface area contributed by atoms with Crippen molar-refractivity contribution in [2.45, 2.75) is 6.92 Å². The van der Waals surface area contributed by atoms with Gasteiger partial charge in [-0.2, -0.15) is 0 Å². The van der Waals surface area contributed by atoms with Crippen LogP contribution in [0.1, 0.15) is 14.5 Å². The van der Waals surface area contributed by atoms with Crippen molar-refractivity contribution in [3.05, 3.63) is 52.2 Å². The fourth-order valence-corrected chi connectivity index (χ4v) is 2.31. The van der Waals surface area contributed by atoms with Crippen LogP contribution in [0.4, 0.5) is 5.69 Å². The van der Waals surface area contributed by atoms with Gasteiger partial charge in [0.1, 0.15) is 0 Å². The second-order valence-electron chi connectivity index (χ2n) is 4.01. The SMILES string of the molecule is Cc1ccc(C(=O)NCC(=O)Nc2ccccc2)s1. The summed E-state index contributed by atoms with van der Waals surface area (Å²) >= 11 is 1.41. The van der Waals surface area contributed by atoms with Crippen molar-refractivity contribution >= 4 is 28.8 Å². The van der Waals surface area contributed by atoms with Crippen molar-refractivity contribution in [3.63, 3.8) is 0 Å². The Kier molecular flexibility index (Phi) is 4.30. The predicted molar refractivity (Wildman–Crippen MR) is 76.5 cm³/mol. The van der Waals surface area contributed by atoms with E-state index >= 15 is 0 Å². The summed E-state index contributed by atoms with van der Waals surface area (Å²) in [7, 11) is 0. The number of nitrogens with one attached hydrogen (secondary N) is 2. The molecule has 2 N–H and O–H groups in total. The average molecular weight is 274 g/mol. The Morgan fingerprint density at radius 2 is 1.84 bits per heavy atom. The molecule has 19 heavy (non-hydrogen) atoms. The molecule has 0 bridgehead atoms. The van der Waals surface area contributed by atoms with Gasteiger partial charge < -0.3 is 10.6 Å². The highest BCUT2D eigenvalue weighted by atomic mass is 32.1. The van der Waals surface area contributed by atoms with Crippen LogP contribution >= 0.6 is 11.3 Å². The molecule has 2 aromatic rings. The lowest BCUT2D eigenvalue weighted by atomic mass is 10.3. The molecule has 98 valence electrons. The van der Waals surface area contributed by atoms with E-state index in [0.29, 0.717) is 10.6 Å². The van der Waals surface area contributed by atoms with Gasteiger partial charge in [-0.05, 0) is 31.2 Å². The van der Waals surface area contributed by atoms with Crippen LogP contribution in [-0.4, -0.2) is 18.4 Å². The maximum atomic E-state index is 11.7. The van der Waals surface area contributed by atoms with Crippen molar-refractivity contribution in [1.82, 2.24) is 5.32 Å². The Hall–Kier alpha value is -2.14. The lowest BCUT2D eigenvalue weighted by Gasteiger charge is -2.05. The van der Waals surface area contributed by atoms with Crippen molar-refractivity contribution < 1.29 is 9.59 Å². The second kappa shape index (κ2) is 6.15. The standard InChI is InChI=1S/C14H14N2O2S/c1-10-7-8-12(19-10)14(18)15-9-13(17)16-11-5-3-2-4-6-11/h2-8H,9H2,1H3,(H,15,18)(H,16,17). The highest BCUT2D eigenvalue weighted by Gasteiger charge is 2.09. The molecule has 1 aromatic carbocycles. The van der Waals surface area contributed by atoms with E-state index in [-0.39, 0.29) is 18.4 Å². The van der Waals surface area contributed by atoms with Gasteiger partial charge in [-0.25, -0.2) is 0 Å². The number of carbonyl (C=O) groups is 2. The second-order valence-corrected chi connectivity index (χ2v) is 5.30. The molecule has 0 radical (unpaired) electrons. The average Bonchev–Trinajstić information content (AvgIpc) is 2.84. The number of rotatable bonds is 4. The molecule has 1 heterocycles. The minimum Gasteiger partial charge on any atom is -0.342 e. The van der Waals surface area contributed by atoms with Crippen LogP contribution in [0.3, 0.4) is 0 Å². The molecule has 0 saturated heterocycles. The van der Waals surface area contributed by atoms with Gasteiger partial charge >= 0.3 is 0 Å². The predicted octanol–water partition coefficient (Wildman–Crippen LogP) is 2.43. The van der Waals surface area contributed by atoms with Gasteiger partial charge in [-0.15, -0.1) is 11.3 Å². The highest BCUT2D eigenvalue weighted by Crippen LogP contribution is 2.14. The number of para-hydroxylation sites is 1. The number of amides is 2. The van der Waals surface area contributed by atoms with Crippen LogP contribution in [0.5, 0.6) is 0 Å². The highest BCUT2D eigenvalue weighted by molar-refractivity contribution is 7.13. The Morgan fingerprint density at radius 3 is 2.47 bits per heavy atom. The number of aryl methyl sites for hydroxylation is 1. The normalized spacial score (nSPS) is 9.95. The van der Waals surface area contributed by atoms with E-state index < -0.39 is 0 Å². The van der Waals surface area contributed by atoms with Gasteiger partial charge in [0.25, 0.3) is 5.91 Å². The quantitative estimate of drug-likeness (QED) is 0.899. The molecule has 0 unspecified atom stereocenters. The molecular formula is C14H14N2O2S. The Labute approximate surface area is 115 Å². The molecule has 1 aromatic heterocycles. The minimum absolute atomic E-state index is 0.0370. The summed E-state index contributed by atoms with van der Waals surface area (Å²) in [5.41, 5.74) is 0.716. The number of hydrogen-bond donors (Lipinski definition) is 2. The molecule has 0 atom stereocenters. The first-order valence-corrected chi connectivity index (χ1v) is 6.66. The van der Waals surface area contributed by atoms with Gasteiger partial charge in [-0.3, -0.25) is 9.59 Å². The van der Waals surface area contributed by atoms with Crippen molar-refractivity contribution in [1.29, 1.82) is 0 Å². The molecule has 0 spiro atoms. The Bertz CT molecular complexity index is 578. The minimum atomic E-state index is -0.243. The van der Waals surface area contributed by atoms with Crippen LogP contribution in [0.15, 0.2) is 42.5 Å². The van der Waals surface area contributed by atoms with E-state index in [0.717, 1.165) is 4.88 Å². The van der Waals surface area contributed by atoms with E-state index in [2.05, 4.69) is 10.6 Å². The molecule has 2 amide bonds. The molecule has 0 aliphatic carbocycles. The van der Waals surface area contributed by atoms with E-state index in [4.69, 9.17) is 0 Å². The molecular weight excluding hydrogens is 260 g/mol. The van der Waals surface area contributed by atoms with Crippen molar-refractivity contribution in [3.8, 4) is 0 Å². The maximum absolute atomic E-state index is 11.7. The first kappa shape index (κ1) is 13.3. The van der Waals surface area contributed by atoms with E-state index in [9.17, 15) is 9.59 Å². The molecule has 0 aliphatic rings. The van der Waals surface area contributed by atoms with E-state index in [1.165, 1.54) is 11.3 Å². The molecule has 5 heteroatoms. The largest absolute Gasteiger partial charge is 0.342 e. The molecule has 2 rings (SSSR count). The lowest BCUT2D eigenvalue weighted by molar-refractivity contribution is -0.115. The van der Waals surface area contributed by atoms with Gasteiger partial charge in [0.05, 0.1) is 11.4 Å². The summed E-state index contributed by atoms with van der Waals surface area (Å²) in [6.45, 7) is 1.90. The lowest BCUT2D eigenvalue weighted by Crippen LogP contribution is -2.32. The summed E-state index contributed by atoms with van der Waals surface area (Å²) < 4.78 is 0. The summed E-state index contributed by atoms with van der Waals surface area (Å²) in [6, 6.07) is 12.8. The number of benzene rings is 1. The summed E-state index contributed by atoms with van der Waals surface area (Å²) in [6.07, 6.45) is 0. The van der Waals surface area contributed by atoms with Crippen LogP contribution in [0, 0.1) is 6.92 Å². The van der Waals surface area contributed by atoms with Gasteiger partial charge in [0, 0.05) is 10.6 Å². The number of anilines is 1. The fourth-order valence-electron chi connectivity index (χ4n) is 1.53. The first-order chi connectivity index (χ1) is 9.15. The van der Waals surface area contributed by atoms with E-state index in [1.807, 2.05) is 31.2 Å². The van der Waals surface area contributed by atoms with Crippen molar-refractivity contribution in [2.24, 2.45) is 0 Å². The zero-order chi connectivity index (χ0) is 13.7. The summed E-state index contributed by atoms with van der Waals surface area (Å²) in [4.78, 5) is 25.0. The summed E-state index contributed by atoms with van der Waals surface area (Å²) in [5.74, 6) is -0.464. The zero-order valence-corrected chi connectivity index (χ0v) is 11.3. The zero-order valence-electron chi connectivity index (χ0n) is 10.5. The fraction of sp³-hybridized carbons (Fsp3) is 0.143. The number of hydrogen-bond acceptors (Lipinski definition) is 3. The van der Waals surface area contributed by atoms with Crippen LogP contribution < -0.4 is 10.6 Å². The van der Waals surface area contributed by atoms with Gasteiger partial charge in [0.15, 0.2) is 0 Å². The van der Waals surface area contributed by atoms with E-state index in [1.54, 1.807) is 18.2 Å². The number of thiophene rings is 1. The third kappa shape index (κ3) is 3.93. The van der Waals surface area contributed by atoms with Gasteiger partial charge in [-0.1, -0.05) is 18.2 Å². The maximum Gasteiger partial charge on any atom is 0.261 e. The first-order valence-electron chi connectivity index (χ1n) is 5.84. The van der Waals surface area contributed by atoms with Crippen molar-refractivity contribution in [2.75, 3.05) is 11.9 Å². The number of carbonyl (C=O) groups excluding carboxylic acids is 2. The summed E-state index contributed by atoms with van der Waals surface area (Å²) in [5, 5.41) is 5.30. The smallest absolute Gasteiger partial charge is 0.261 e. The molecule has 0 fully saturated rings. The van der Waals surface area contributed by atoms with Crippen LogP contribution in [0.2, 0.25) is 0 Å². The van der Waals surface area contributed by atoms with Crippen LogP contribution in [0.25, 0.3) is 0 Å². The Morgan fingerprint density at radius 1 is 1.11 bits per heavy atom. The third-order valence-corrected chi connectivity index (χ3v) is 3.43. The third-order valence-electron chi connectivity index (χ3n) is 2.43. The monoisotopic (exact) mass is 274 g/mol. The Balaban J connectivity index is 1.82. The molecule has 4 nitrogen and oxygen atoms in total.